The fourth-order valence-electron chi connectivity index (χ4n) is 1.48. The molecule has 0 fully saturated rings. The molecule has 0 bridgehead atoms. The van der Waals surface area contributed by atoms with Gasteiger partial charge in [0, 0.05) is 0 Å². The molecule has 0 aliphatic carbocycles. The molecule has 0 aliphatic heterocycles. The molecule has 78 valence electrons. The second kappa shape index (κ2) is 4.03. The molecule has 2 nitrogen and oxygen atoms in total. The van der Waals surface area contributed by atoms with Crippen molar-refractivity contribution >= 4 is 17.1 Å². The Morgan fingerprint density at radius 1 is 1.40 bits per heavy atom. The fraction of sp³-hybridized carbons (Fsp3) is 0.250. The van der Waals surface area contributed by atoms with Gasteiger partial charge in [-0.1, -0.05) is 6.92 Å². The van der Waals surface area contributed by atoms with Crippen LogP contribution in [0.4, 0.5) is 0 Å². The van der Waals surface area contributed by atoms with Gasteiger partial charge in [0.1, 0.15) is 5.76 Å². The van der Waals surface area contributed by atoms with E-state index >= 15 is 0 Å². The molecule has 0 N–H and O–H groups in total. The van der Waals surface area contributed by atoms with E-state index in [2.05, 4.69) is 0 Å². The molecule has 0 aromatic carbocycles. The van der Waals surface area contributed by atoms with Crippen molar-refractivity contribution in [2.75, 3.05) is 0 Å². The van der Waals surface area contributed by atoms with Gasteiger partial charge in [-0.3, -0.25) is 4.79 Å². The molecule has 0 unspecified atom stereocenters. The Morgan fingerprint density at radius 3 is 2.80 bits per heavy atom. The van der Waals surface area contributed by atoms with Crippen LogP contribution in [0.2, 0.25) is 0 Å². The highest BCUT2D eigenvalue weighted by Crippen LogP contribution is 2.22. The van der Waals surface area contributed by atoms with Crippen LogP contribution >= 0.6 is 11.3 Å². The lowest BCUT2D eigenvalue weighted by Crippen LogP contribution is -1.99. The number of rotatable bonds is 3. The Labute approximate surface area is 92.5 Å². The first-order chi connectivity index (χ1) is 7.22. The Balaban J connectivity index is 2.36. The first-order valence-electron chi connectivity index (χ1n) is 4.90. The van der Waals surface area contributed by atoms with E-state index in [4.69, 9.17) is 4.42 Å². The maximum absolute atomic E-state index is 12.0. The fourth-order valence-corrected chi connectivity index (χ4v) is 2.42. The van der Waals surface area contributed by atoms with Crippen LogP contribution < -0.4 is 0 Å². The molecule has 2 rings (SSSR count). The van der Waals surface area contributed by atoms with Crippen LogP contribution in [0.15, 0.2) is 28.0 Å². The van der Waals surface area contributed by atoms with Gasteiger partial charge in [0.25, 0.3) is 0 Å². The van der Waals surface area contributed by atoms with E-state index in [1.807, 2.05) is 31.4 Å². The maximum Gasteiger partial charge on any atom is 0.238 e. The van der Waals surface area contributed by atoms with E-state index in [-0.39, 0.29) is 5.78 Å². The van der Waals surface area contributed by atoms with E-state index in [1.54, 1.807) is 6.07 Å². The van der Waals surface area contributed by atoms with Crippen molar-refractivity contribution in [2.45, 2.75) is 20.3 Å². The summed E-state index contributed by atoms with van der Waals surface area (Å²) in [5.41, 5.74) is 1.10. The predicted molar refractivity (Wildman–Crippen MR) is 60.6 cm³/mol. The van der Waals surface area contributed by atoms with Crippen molar-refractivity contribution in [3.05, 3.63) is 45.5 Å². The first kappa shape index (κ1) is 10.2. The van der Waals surface area contributed by atoms with E-state index in [9.17, 15) is 4.79 Å². The molecule has 2 aromatic rings. The van der Waals surface area contributed by atoms with Crippen LogP contribution in [0.5, 0.6) is 0 Å². The number of carbonyl (C=O) groups excluding carboxylic acids is 1. The van der Waals surface area contributed by atoms with Crippen molar-refractivity contribution in [2.24, 2.45) is 0 Å². The molecule has 0 aliphatic rings. The molecule has 0 radical (unpaired) electrons. The zero-order valence-electron chi connectivity index (χ0n) is 8.74. The van der Waals surface area contributed by atoms with Gasteiger partial charge in [-0.15, -0.1) is 11.3 Å². The van der Waals surface area contributed by atoms with Gasteiger partial charge in [0.2, 0.25) is 5.78 Å². The maximum atomic E-state index is 12.0. The molecule has 0 atom stereocenters. The second-order valence-corrected chi connectivity index (χ2v) is 4.28. The molecular formula is C12H12O2S. The quantitative estimate of drug-likeness (QED) is 0.742. The highest BCUT2D eigenvalue weighted by Gasteiger charge is 2.17. The van der Waals surface area contributed by atoms with Crippen LogP contribution in [0.25, 0.3) is 0 Å². The highest BCUT2D eigenvalue weighted by molar-refractivity contribution is 7.12. The van der Waals surface area contributed by atoms with Crippen molar-refractivity contribution in [3.8, 4) is 0 Å². The standard InChI is InChI=1S/C12H12O2S/c1-3-9-6-7-15-12(9)11(13)10-5-4-8(2)14-10/h4-7H,3H2,1-2H3. The molecule has 3 heteroatoms. The van der Waals surface area contributed by atoms with E-state index in [1.165, 1.54) is 11.3 Å². The predicted octanol–water partition coefficient (Wildman–Crippen LogP) is 3.44. The van der Waals surface area contributed by atoms with Gasteiger partial charge < -0.3 is 4.42 Å². The lowest BCUT2D eigenvalue weighted by Gasteiger charge is -1.97. The van der Waals surface area contributed by atoms with Crippen molar-refractivity contribution in [3.63, 3.8) is 0 Å². The third-order valence-electron chi connectivity index (χ3n) is 2.30. The average Bonchev–Trinajstić information content (AvgIpc) is 2.84. The monoisotopic (exact) mass is 220 g/mol. The van der Waals surface area contributed by atoms with Gasteiger partial charge in [0.15, 0.2) is 5.76 Å². The molecule has 15 heavy (non-hydrogen) atoms. The summed E-state index contributed by atoms with van der Waals surface area (Å²) in [6.45, 7) is 3.89. The minimum absolute atomic E-state index is 0.00468. The van der Waals surface area contributed by atoms with Crippen LogP contribution in [0.1, 0.15) is 33.7 Å². The number of ketones is 1. The number of aryl methyl sites for hydroxylation is 2. The minimum atomic E-state index is -0.00468. The van der Waals surface area contributed by atoms with Gasteiger partial charge in [-0.2, -0.15) is 0 Å². The summed E-state index contributed by atoms with van der Waals surface area (Å²) < 4.78 is 5.33. The number of carbonyl (C=O) groups is 1. The van der Waals surface area contributed by atoms with Gasteiger partial charge >= 0.3 is 0 Å². The summed E-state index contributed by atoms with van der Waals surface area (Å²) in [7, 11) is 0. The van der Waals surface area contributed by atoms with Crippen molar-refractivity contribution in [1.29, 1.82) is 0 Å². The second-order valence-electron chi connectivity index (χ2n) is 3.37. The van der Waals surface area contributed by atoms with Crippen LogP contribution in [0.3, 0.4) is 0 Å². The Hall–Kier alpha value is -1.35. The first-order valence-corrected chi connectivity index (χ1v) is 5.78. The van der Waals surface area contributed by atoms with E-state index in [0.29, 0.717) is 5.76 Å². The third-order valence-corrected chi connectivity index (χ3v) is 3.25. The normalized spacial score (nSPS) is 10.5. The lowest BCUT2D eigenvalue weighted by molar-refractivity contribution is 0.101. The van der Waals surface area contributed by atoms with Crippen molar-refractivity contribution in [1.82, 2.24) is 0 Å². The summed E-state index contributed by atoms with van der Waals surface area (Å²) in [6, 6.07) is 5.54. The van der Waals surface area contributed by atoms with Crippen LogP contribution in [-0.4, -0.2) is 5.78 Å². The van der Waals surface area contributed by atoms with Gasteiger partial charge in [-0.25, -0.2) is 0 Å². The zero-order chi connectivity index (χ0) is 10.8. The Bertz CT molecular complexity index is 479. The molecule has 2 aromatic heterocycles. The summed E-state index contributed by atoms with van der Waals surface area (Å²) in [4.78, 5) is 12.8. The third kappa shape index (κ3) is 1.88. The molecule has 0 amide bonds. The van der Waals surface area contributed by atoms with Gasteiger partial charge in [0.05, 0.1) is 4.88 Å². The van der Waals surface area contributed by atoms with Gasteiger partial charge in [-0.05, 0) is 42.5 Å². The number of hydrogen-bond donors (Lipinski definition) is 0. The van der Waals surface area contributed by atoms with E-state index in [0.717, 1.165) is 22.6 Å². The molecule has 0 saturated carbocycles. The van der Waals surface area contributed by atoms with Crippen LogP contribution in [0, 0.1) is 6.92 Å². The zero-order valence-corrected chi connectivity index (χ0v) is 9.56. The summed E-state index contributed by atoms with van der Waals surface area (Å²) in [6.07, 6.45) is 0.879. The highest BCUT2D eigenvalue weighted by atomic mass is 32.1. The molecule has 0 spiro atoms. The van der Waals surface area contributed by atoms with Crippen molar-refractivity contribution < 1.29 is 9.21 Å². The lowest BCUT2D eigenvalue weighted by atomic mass is 10.1. The summed E-state index contributed by atoms with van der Waals surface area (Å²) in [5.74, 6) is 1.20. The number of furan rings is 1. The Kier molecular flexibility index (Phi) is 2.73. The molecular weight excluding hydrogens is 208 g/mol. The average molecular weight is 220 g/mol. The number of thiophene rings is 1. The van der Waals surface area contributed by atoms with E-state index < -0.39 is 0 Å². The smallest absolute Gasteiger partial charge is 0.238 e. The molecule has 0 saturated heterocycles. The summed E-state index contributed by atoms with van der Waals surface area (Å²) >= 11 is 1.48. The minimum Gasteiger partial charge on any atom is -0.458 e. The molecule has 2 heterocycles. The SMILES string of the molecule is CCc1ccsc1C(=O)c1ccc(C)o1. The topological polar surface area (TPSA) is 30.2 Å². The van der Waals surface area contributed by atoms with Crippen LogP contribution in [-0.2, 0) is 6.42 Å². The number of hydrogen-bond acceptors (Lipinski definition) is 3. The summed E-state index contributed by atoms with van der Waals surface area (Å²) in [5, 5.41) is 1.95. The largest absolute Gasteiger partial charge is 0.458 e. The Morgan fingerprint density at radius 2 is 2.20 bits per heavy atom.